The minimum absolute atomic E-state index is 0.0878. The number of nitrogens with zero attached hydrogens (tertiary/aromatic N) is 1. The number of carbonyl (C=O) groups is 1. The van der Waals surface area contributed by atoms with Crippen LogP contribution < -0.4 is 10.5 Å². The SMILES string of the molecule is COC(=O)CCS(=O)(=O)Nc1[nH]ncc1N. The van der Waals surface area contributed by atoms with Crippen LogP contribution in [0, 0.1) is 0 Å². The molecule has 0 saturated heterocycles. The van der Waals surface area contributed by atoms with E-state index in [4.69, 9.17) is 5.73 Å². The van der Waals surface area contributed by atoms with Gasteiger partial charge in [-0.05, 0) is 0 Å². The molecule has 0 amide bonds. The summed E-state index contributed by atoms with van der Waals surface area (Å²) in [6.45, 7) is 0. The van der Waals surface area contributed by atoms with E-state index < -0.39 is 16.0 Å². The molecule has 4 N–H and O–H groups in total. The van der Waals surface area contributed by atoms with Crippen molar-refractivity contribution in [3.63, 3.8) is 0 Å². The van der Waals surface area contributed by atoms with Crippen molar-refractivity contribution in [3.05, 3.63) is 6.20 Å². The molecule has 0 unspecified atom stereocenters. The van der Waals surface area contributed by atoms with E-state index in [0.29, 0.717) is 0 Å². The molecule has 0 aliphatic rings. The van der Waals surface area contributed by atoms with Gasteiger partial charge in [0.25, 0.3) is 0 Å². The molecule has 9 heteroatoms. The molecule has 0 aliphatic heterocycles. The molecule has 0 aliphatic carbocycles. The summed E-state index contributed by atoms with van der Waals surface area (Å²) >= 11 is 0. The Labute approximate surface area is 92.2 Å². The Morgan fingerprint density at radius 3 is 2.88 bits per heavy atom. The van der Waals surface area contributed by atoms with Gasteiger partial charge in [0.1, 0.15) is 0 Å². The second kappa shape index (κ2) is 4.84. The van der Waals surface area contributed by atoms with Gasteiger partial charge in [-0.25, -0.2) is 8.42 Å². The summed E-state index contributed by atoms with van der Waals surface area (Å²) in [4.78, 5) is 10.8. The van der Waals surface area contributed by atoms with Crippen LogP contribution in [-0.4, -0.2) is 37.4 Å². The van der Waals surface area contributed by atoms with Gasteiger partial charge in [-0.15, -0.1) is 0 Å². The van der Waals surface area contributed by atoms with Crippen LogP contribution in [0.3, 0.4) is 0 Å². The highest BCUT2D eigenvalue weighted by molar-refractivity contribution is 7.92. The predicted octanol–water partition coefficient (Wildman–Crippen LogP) is -0.703. The number of nitrogens with two attached hydrogens (primary N) is 1. The van der Waals surface area contributed by atoms with Crippen LogP contribution in [0.4, 0.5) is 11.5 Å². The van der Waals surface area contributed by atoms with Crippen LogP contribution in [0.25, 0.3) is 0 Å². The average molecular weight is 248 g/mol. The number of sulfonamides is 1. The van der Waals surface area contributed by atoms with Gasteiger partial charge in [0.05, 0.1) is 31.2 Å². The quantitative estimate of drug-likeness (QED) is 0.591. The van der Waals surface area contributed by atoms with E-state index in [1.165, 1.54) is 13.3 Å². The molecule has 0 bridgehead atoms. The van der Waals surface area contributed by atoms with Crippen molar-refractivity contribution in [1.29, 1.82) is 0 Å². The summed E-state index contributed by atoms with van der Waals surface area (Å²) in [6, 6.07) is 0. The lowest BCUT2D eigenvalue weighted by molar-refractivity contribution is -0.140. The smallest absolute Gasteiger partial charge is 0.306 e. The van der Waals surface area contributed by atoms with Crippen molar-refractivity contribution < 1.29 is 17.9 Å². The molecule has 1 aromatic rings. The van der Waals surface area contributed by atoms with Gasteiger partial charge >= 0.3 is 5.97 Å². The number of anilines is 2. The number of nitrogen functional groups attached to an aromatic ring is 1. The number of aromatic amines is 1. The second-order valence-corrected chi connectivity index (χ2v) is 4.79. The topological polar surface area (TPSA) is 127 Å². The van der Waals surface area contributed by atoms with E-state index in [1.807, 2.05) is 0 Å². The zero-order valence-corrected chi connectivity index (χ0v) is 9.37. The fourth-order valence-corrected chi connectivity index (χ4v) is 1.92. The van der Waals surface area contributed by atoms with Gasteiger partial charge in [0.2, 0.25) is 10.0 Å². The summed E-state index contributed by atoms with van der Waals surface area (Å²) < 4.78 is 29.4. The van der Waals surface area contributed by atoms with Gasteiger partial charge in [-0.2, -0.15) is 5.10 Å². The molecule has 1 heterocycles. The number of carbonyl (C=O) groups excluding carboxylic acids is 1. The number of hydrogen-bond acceptors (Lipinski definition) is 6. The first-order chi connectivity index (χ1) is 7.44. The molecule has 1 rings (SSSR count). The van der Waals surface area contributed by atoms with E-state index in [9.17, 15) is 13.2 Å². The van der Waals surface area contributed by atoms with Crippen molar-refractivity contribution in [2.45, 2.75) is 6.42 Å². The van der Waals surface area contributed by atoms with Crippen molar-refractivity contribution in [3.8, 4) is 0 Å². The largest absolute Gasteiger partial charge is 0.469 e. The van der Waals surface area contributed by atoms with Crippen molar-refractivity contribution in [2.75, 3.05) is 23.3 Å². The molecule has 8 nitrogen and oxygen atoms in total. The van der Waals surface area contributed by atoms with Gasteiger partial charge in [0.15, 0.2) is 5.82 Å². The Morgan fingerprint density at radius 1 is 1.69 bits per heavy atom. The molecule has 0 aromatic carbocycles. The fraction of sp³-hybridized carbons (Fsp3) is 0.429. The first-order valence-corrected chi connectivity index (χ1v) is 5.96. The Hall–Kier alpha value is -1.77. The summed E-state index contributed by atoms with van der Waals surface area (Å²) in [5.74, 6) is -0.883. The van der Waals surface area contributed by atoms with E-state index in [2.05, 4.69) is 19.7 Å². The molecule has 0 radical (unpaired) electrons. The van der Waals surface area contributed by atoms with Gasteiger partial charge in [-0.3, -0.25) is 14.6 Å². The minimum Gasteiger partial charge on any atom is -0.469 e. The maximum atomic E-state index is 11.4. The predicted molar refractivity (Wildman–Crippen MR) is 57.0 cm³/mol. The zero-order valence-electron chi connectivity index (χ0n) is 8.56. The summed E-state index contributed by atoms with van der Waals surface area (Å²) in [6.07, 6.45) is 1.05. The first kappa shape index (κ1) is 12.3. The molecule has 0 atom stereocenters. The first-order valence-electron chi connectivity index (χ1n) is 4.31. The number of esters is 1. The lowest BCUT2D eigenvalue weighted by Gasteiger charge is -2.05. The maximum absolute atomic E-state index is 11.4. The molecular weight excluding hydrogens is 236 g/mol. The lowest BCUT2D eigenvalue weighted by Crippen LogP contribution is -2.20. The van der Waals surface area contributed by atoms with Crippen LogP contribution in [0.15, 0.2) is 6.20 Å². The Morgan fingerprint density at radius 2 is 2.38 bits per heavy atom. The molecule has 90 valence electrons. The number of hydrogen-bond donors (Lipinski definition) is 3. The third-order valence-corrected chi connectivity index (χ3v) is 2.99. The van der Waals surface area contributed by atoms with Crippen molar-refractivity contribution in [2.24, 2.45) is 0 Å². The van der Waals surface area contributed by atoms with Crippen LogP contribution in [0.1, 0.15) is 6.42 Å². The van der Waals surface area contributed by atoms with E-state index in [0.717, 1.165) is 0 Å². The summed E-state index contributed by atoms with van der Waals surface area (Å²) in [7, 11) is -2.44. The lowest BCUT2D eigenvalue weighted by atomic mass is 10.5. The monoisotopic (exact) mass is 248 g/mol. The van der Waals surface area contributed by atoms with Crippen LogP contribution >= 0.6 is 0 Å². The van der Waals surface area contributed by atoms with Crippen LogP contribution in [0.2, 0.25) is 0 Å². The van der Waals surface area contributed by atoms with E-state index >= 15 is 0 Å². The number of rotatable bonds is 5. The Kier molecular flexibility index (Phi) is 3.72. The van der Waals surface area contributed by atoms with Crippen LogP contribution in [-0.2, 0) is 19.6 Å². The van der Waals surface area contributed by atoms with E-state index in [-0.39, 0.29) is 23.7 Å². The standard InChI is InChI=1S/C7H12N4O4S/c1-15-6(12)2-3-16(13,14)11-7-5(8)4-9-10-7/h4H,2-3,8H2,1H3,(H2,9,10,11). The highest BCUT2D eigenvalue weighted by atomic mass is 32.2. The number of aromatic nitrogens is 2. The van der Waals surface area contributed by atoms with Crippen LogP contribution in [0.5, 0.6) is 0 Å². The van der Waals surface area contributed by atoms with Crippen molar-refractivity contribution in [1.82, 2.24) is 10.2 Å². The Balaban J connectivity index is 2.59. The molecule has 0 spiro atoms. The fourth-order valence-electron chi connectivity index (χ4n) is 0.904. The summed E-state index contributed by atoms with van der Waals surface area (Å²) in [5.41, 5.74) is 5.60. The normalized spacial score (nSPS) is 11.1. The van der Waals surface area contributed by atoms with Crippen molar-refractivity contribution >= 4 is 27.5 Å². The average Bonchev–Trinajstić information content (AvgIpc) is 2.60. The molecule has 1 aromatic heterocycles. The Bertz CT molecular complexity index is 466. The number of H-pyrrole nitrogens is 1. The molecule has 0 saturated carbocycles. The molecule has 0 fully saturated rings. The van der Waals surface area contributed by atoms with E-state index in [1.54, 1.807) is 0 Å². The number of methoxy groups -OCH3 is 1. The minimum atomic E-state index is -3.63. The third kappa shape index (κ3) is 3.42. The zero-order chi connectivity index (χ0) is 12.2. The number of nitrogens with one attached hydrogen (secondary N) is 2. The molecular formula is C7H12N4O4S. The highest BCUT2D eigenvalue weighted by Gasteiger charge is 2.15. The summed E-state index contributed by atoms with van der Waals surface area (Å²) in [5, 5.41) is 5.93. The van der Waals surface area contributed by atoms with Gasteiger partial charge in [-0.1, -0.05) is 0 Å². The third-order valence-electron chi connectivity index (χ3n) is 1.73. The second-order valence-electron chi connectivity index (χ2n) is 2.95. The highest BCUT2D eigenvalue weighted by Crippen LogP contribution is 2.14. The maximum Gasteiger partial charge on any atom is 0.306 e. The molecule has 16 heavy (non-hydrogen) atoms. The number of ether oxygens (including phenoxy) is 1. The van der Waals surface area contributed by atoms with Gasteiger partial charge < -0.3 is 10.5 Å². The van der Waals surface area contributed by atoms with Gasteiger partial charge in [0, 0.05) is 0 Å².